The van der Waals surface area contributed by atoms with E-state index in [4.69, 9.17) is 27.9 Å². The van der Waals surface area contributed by atoms with Crippen molar-refractivity contribution in [2.75, 3.05) is 24.1 Å². The highest BCUT2D eigenvalue weighted by Gasteiger charge is 2.37. The smallest absolute Gasteiger partial charge is 0.265 e. The van der Waals surface area contributed by atoms with E-state index in [-0.39, 0.29) is 27.0 Å². The van der Waals surface area contributed by atoms with Crippen molar-refractivity contribution in [3.05, 3.63) is 92.4 Å². The summed E-state index contributed by atoms with van der Waals surface area (Å²) in [7, 11) is -4.08. The van der Waals surface area contributed by atoms with E-state index in [1.165, 1.54) is 16.4 Å². The van der Waals surface area contributed by atoms with Crippen LogP contribution in [0, 0.1) is 0 Å². The Morgan fingerprint density at radius 3 is 2.28 bits per heavy atom. The summed E-state index contributed by atoms with van der Waals surface area (Å²) in [4.78, 5) is 13.4. The van der Waals surface area contributed by atoms with Crippen molar-refractivity contribution in [3.8, 4) is 0 Å². The molecule has 0 spiro atoms. The van der Waals surface area contributed by atoms with Crippen molar-refractivity contribution < 1.29 is 17.9 Å². The van der Waals surface area contributed by atoms with Gasteiger partial charge in [-0.15, -0.1) is 0 Å². The molecule has 1 heterocycles. The van der Waals surface area contributed by atoms with Crippen LogP contribution in [-0.4, -0.2) is 34.1 Å². The predicted octanol–water partition coefficient (Wildman–Crippen LogP) is 6.41. The highest BCUT2D eigenvalue weighted by molar-refractivity contribution is 9.10. The van der Waals surface area contributed by atoms with Gasteiger partial charge in [-0.25, -0.2) is 8.42 Å². The molecule has 10 heteroatoms. The van der Waals surface area contributed by atoms with Crippen molar-refractivity contribution in [1.29, 1.82) is 0 Å². The third-order valence-electron chi connectivity index (χ3n) is 6.26. The number of halogens is 3. The van der Waals surface area contributed by atoms with Gasteiger partial charge in [-0.1, -0.05) is 69.5 Å². The van der Waals surface area contributed by atoms with Crippen LogP contribution in [-0.2, 0) is 20.3 Å². The summed E-state index contributed by atoms with van der Waals surface area (Å²) < 4.78 is 35.0. The monoisotopic (exact) mass is 610 g/mol. The van der Waals surface area contributed by atoms with Crippen LogP contribution in [0.15, 0.2) is 76.1 Å². The number of hydrogen-bond acceptors (Lipinski definition) is 4. The van der Waals surface area contributed by atoms with Crippen LogP contribution in [0.3, 0.4) is 0 Å². The molecule has 0 unspecified atom stereocenters. The third kappa shape index (κ3) is 5.43. The summed E-state index contributed by atoms with van der Waals surface area (Å²) in [5, 5.41) is 3.14. The molecule has 36 heavy (non-hydrogen) atoms. The van der Waals surface area contributed by atoms with Gasteiger partial charge in [-0.2, -0.15) is 0 Å². The molecule has 1 amide bonds. The molecule has 190 valence electrons. The Balaban J connectivity index is 1.73. The summed E-state index contributed by atoms with van der Waals surface area (Å²) in [6, 6.07) is 19.0. The number of nitrogens with one attached hydrogen (secondary N) is 1. The van der Waals surface area contributed by atoms with E-state index in [0.717, 1.165) is 10.0 Å². The van der Waals surface area contributed by atoms with E-state index >= 15 is 0 Å². The number of hydrogen-bond donors (Lipinski definition) is 1. The maximum absolute atomic E-state index is 13.6. The highest BCUT2D eigenvalue weighted by atomic mass is 79.9. The topological polar surface area (TPSA) is 75.7 Å². The molecule has 6 nitrogen and oxygen atoms in total. The molecule has 1 N–H and O–H groups in total. The lowest BCUT2D eigenvalue weighted by atomic mass is 9.82. The first-order chi connectivity index (χ1) is 17.2. The van der Waals surface area contributed by atoms with Gasteiger partial charge in [0, 0.05) is 24.2 Å². The van der Waals surface area contributed by atoms with Gasteiger partial charge in [-0.3, -0.25) is 9.10 Å². The molecule has 1 aliphatic rings. The van der Waals surface area contributed by atoms with Crippen LogP contribution in [0.2, 0.25) is 10.0 Å². The Hall–Kier alpha value is -2.10. The van der Waals surface area contributed by atoms with Crippen molar-refractivity contribution in [2.24, 2.45) is 0 Å². The molecule has 1 saturated heterocycles. The first-order valence-corrected chi connectivity index (χ1v) is 14.4. The molecular weight excluding hydrogens is 587 g/mol. The summed E-state index contributed by atoms with van der Waals surface area (Å²) in [5.41, 5.74) is 0.777. The zero-order chi connectivity index (χ0) is 25.9. The predicted molar refractivity (Wildman–Crippen MR) is 146 cm³/mol. The Morgan fingerprint density at radius 2 is 1.67 bits per heavy atom. The van der Waals surface area contributed by atoms with Crippen LogP contribution in [0.1, 0.15) is 35.7 Å². The van der Waals surface area contributed by atoms with Gasteiger partial charge in [0.15, 0.2) is 0 Å². The molecule has 3 aromatic rings. The molecule has 1 fully saturated rings. The lowest BCUT2D eigenvalue weighted by molar-refractivity contribution is 0.0345. The average Bonchev–Trinajstić information content (AvgIpc) is 2.85. The van der Waals surface area contributed by atoms with Gasteiger partial charge in [0.25, 0.3) is 15.9 Å². The SMILES string of the molecule is CCN(c1ccccc1)S(=O)(=O)c1cc(C(=O)NC2(c3ccc(Br)cc3)CCOCC2)c(Cl)cc1Cl. The summed E-state index contributed by atoms with van der Waals surface area (Å²) in [5.74, 6) is -0.485. The molecular formula is C26H25BrCl2N2O4S. The van der Waals surface area contributed by atoms with E-state index < -0.39 is 21.5 Å². The van der Waals surface area contributed by atoms with E-state index in [9.17, 15) is 13.2 Å². The highest BCUT2D eigenvalue weighted by Crippen LogP contribution is 2.36. The van der Waals surface area contributed by atoms with Gasteiger partial charge in [0.1, 0.15) is 4.90 Å². The Morgan fingerprint density at radius 1 is 1.03 bits per heavy atom. The fourth-order valence-electron chi connectivity index (χ4n) is 4.36. The molecule has 4 rings (SSSR count). The van der Waals surface area contributed by atoms with Gasteiger partial charge < -0.3 is 10.1 Å². The van der Waals surface area contributed by atoms with Crippen LogP contribution in [0.5, 0.6) is 0 Å². The van der Waals surface area contributed by atoms with E-state index in [1.807, 2.05) is 24.3 Å². The number of benzene rings is 3. The minimum atomic E-state index is -4.08. The number of rotatable bonds is 7. The molecule has 3 aromatic carbocycles. The lowest BCUT2D eigenvalue weighted by Crippen LogP contribution is -2.49. The van der Waals surface area contributed by atoms with E-state index in [2.05, 4.69) is 21.2 Å². The quantitative estimate of drug-likeness (QED) is 0.335. The maximum atomic E-state index is 13.6. The number of sulfonamides is 1. The standard InChI is InChI=1S/C26H25BrCl2N2O4S/c1-2-31(20-6-4-3-5-7-20)36(33,34)24-16-21(22(28)17-23(24)29)25(32)30-26(12-14-35-15-13-26)18-8-10-19(27)11-9-18/h3-11,16-17H,2,12-15H2,1H3,(H,30,32). The normalized spacial score (nSPS) is 15.3. The molecule has 0 radical (unpaired) electrons. The first-order valence-electron chi connectivity index (χ1n) is 11.4. The van der Waals surface area contributed by atoms with Crippen molar-refractivity contribution >= 4 is 60.7 Å². The zero-order valence-electron chi connectivity index (χ0n) is 19.5. The van der Waals surface area contributed by atoms with Crippen LogP contribution < -0.4 is 9.62 Å². The zero-order valence-corrected chi connectivity index (χ0v) is 23.4. The fourth-order valence-corrected chi connectivity index (χ4v) is 6.94. The summed E-state index contributed by atoms with van der Waals surface area (Å²) in [6.45, 7) is 2.87. The molecule has 0 bridgehead atoms. The molecule has 0 aliphatic carbocycles. The van der Waals surface area contributed by atoms with E-state index in [1.54, 1.807) is 37.3 Å². The summed E-state index contributed by atoms with van der Waals surface area (Å²) >= 11 is 16.2. The second kappa shape index (κ2) is 11.1. The average molecular weight is 612 g/mol. The third-order valence-corrected chi connectivity index (χ3v) is 9.47. The second-order valence-corrected chi connectivity index (χ2v) is 12.0. The molecule has 1 aliphatic heterocycles. The van der Waals surface area contributed by atoms with Crippen molar-refractivity contribution in [3.63, 3.8) is 0 Å². The number of amides is 1. The van der Waals surface area contributed by atoms with Crippen LogP contribution in [0.25, 0.3) is 0 Å². The van der Waals surface area contributed by atoms with Gasteiger partial charge >= 0.3 is 0 Å². The minimum absolute atomic E-state index is 0.0340. The molecule has 0 saturated carbocycles. The number of nitrogens with zero attached hydrogens (tertiary/aromatic N) is 1. The number of anilines is 1. The first kappa shape index (κ1) is 26.9. The van der Waals surface area contributed by atoms with Gasteiger partial charge in [-0.05, 0) is 61.7 Å². The maximum Gasteiger partial charge on any atom is 0.265 e. The largest absolute Gasteiger partial charge is 0.381 e. The van der Waals surface area contributed by atoms with Crippen LogP contribution in [0.4, 0.5) is 5.69 Å². The van der Waals surface area contributed by atoms with Crippen molar-refractivity contribution in [1.82, 2.24) is 5.32 Å². The fraction of sp³-hybridized carbons (Fsp3) is 0.269. The number of carbonyl (C=O) groups excluding carboxylic acids is 1. The van der Waals surface area contributed by atoms with Gasteiger partial charge in [0.05, 0.1) is 26.8 Å². The lowest BCUT2D eigenvalue weighted by Gasteiger charge is -2.38. The number of carbonyl (C=O) groups is 1. The number of ether oxygens (including phenoxy) is 1. The second-order valence-electron chi connectivity index (χ2n) is 8.42. The molecule has 0 atom stereocenters. The molecule has 0 aromatic heterocycles. The summed E-state index contributed by atoms with van der Waals surface area (Å²) in [6.07, 6.45) is 1.13. The van der Waals surface area contributed by atoms with Gasteiger partial charge in [0.2, 0.25) is 0 Å². The minimum Gasteiger partial charge on any atom is -0.381 e. The number of para-hydroxylation sites is 1. The Labute approximate surface area is 229 Å². The Bertz CT molecular complexity index is 1350. The van der Waals surface area contributed by atoms with E-state index in [0.29, 0.717) is 31.7 Å². The van der Waals surface area contributed by atoms with Crippen molar-refractivity contribution in [2.45, 2.75) is 30.2 Å². The van der Waals surface area contributed by atoms with Crippen LogP contribution >= 0.6 is 39.1 Å². The Kier molecular flexibility index (Phi) is 8.32.